The van der Waals surface area contributed by atoms with E-state index in [9.17, 15) is 9.59 Å². The van der Waals surface area contributed by atoms with Crippen molar-refractivity contribution in [2.75, 3.05) is 28.4 Å². The maximum Gasteiger partial charge on any atom is 0.309 e. The van der Waals surface area contributed by atoms with Crippen LogP contribution in [0.5, 0.6) is 0 Å². The van der Waals surface area contributed by atoms with E-state index in [1.54, 1.807) is 14.2 Å². The fourth-order valence-electron chi connectivity index (χ4n) is 12.5. The lowest BCUT2D eigenvalue weighted by Crippen LogP contribution is -2.40. The highest BCUT2D eigenvalue weighted by Gasteiger charge is 2.86. The highest BCUT2D eigenvalue weighted by atomic mass is 16.5. The van der Waals surface area contributed by atoms with Gasteiger partial charge < -0.3 is 18.9 Å². The van der Waals surface area contributed by atoms with Crippen LogP contribution in [0.15, 0.2) is 22.3 Å². The topological polar surface area (TPSA) is 71.1 Å². The molecule has 0 aromatic heterocycles. The van der Waals surface area contributed by atoms with Crippen molar-refractivity contribution in [2.24, 2.45) is 82.9 Å². The number of ether oxygens (including phenoxy) is 4. The van der Waals surface area contributed by atoms with Crippen LogP contribution in [0.4, 0.5) is 0 Å². The molecule has 0 heterocycles. The molecule has 4 saturated carbocycles. The van der Waals surface area contributed by atoms with Gasteiger partial charge in [-0.1, -0.05) is 22.3 Å². The summed E-state index contributed by atoms with van der Waals surface area (Å²) < 4.78 is 23.5. The summed E-state index contributed by atoms with van der Waals surface area (Å²) in [6.45, 7) is 0. The lowest BCUT2D eigenvalue weighted by molar-refractivity contribution is -0.149. The molecule has 6 nitrogen and oxygen atoms in total. The maximum atomic E-state index is 13.3. The zero-order valence-electron chi connectivity index (χ0n) is 18.7. The fourth-order valence-corrected chi connectivity index (χ4v) is 12.5. The Kier molecular flexibility index (Phi) is 2.80. The number of esters is 2. The Labute approximate surface area is 186 Å². The highest BCUT2D eigenvalue weighted by Crippen LogP contribution is 2.88. The minimum Gasteiger partial charge on any atom is -0.469 e. The van der Waals surface area contributed by atoms with Crippen LogP contribution in [0.3, 0.4) is 0 Å². The van der Waals surface area contributed by atoms with E-state index in [-0.39, 0.29) is 59.7 Å². The molecule has 0 bridgehead atoms. The molecular weight excluding hydrogens is 408 g/mol. The van der Waals surface area contributed by atoms with Crippen molar-refractivity contribution >= 4 is 11.9 Å². The van der Waals surface area contributed by atoms with Gasteiger partial charge in [0.05, 0.1) is 38.3 Å². The van der Waals surface area contributed by atoms with E-state index in [1.807, 2.05) is 14.2 Å². The van der Waals surface area contributed by atoms with Gasteiger partial charge in [0.15, 0.2) is 0 Å². The Balaban J connectivity index is 1.42. The molecule has 0 N–H and O–H groups in total. The quantitative estimate of drug-likeness (QED) is 0.494. The molecule has 0 amide bonds. The summed E-state index contributed by atoms with van der Waals surface area (Å²) in [6, 6.07) is 0. The molecule has 168 valence electrons. The van der Waals surface area contributed by atoms with Crippen molar-refractivity contribution in [2.45, 2.75) is 12.2 Å². The normalized spacial score (nSPS) is 61.4. The smallest absolute Gasteiger partial charge is 0.309 e. The van der Waals surface area contributed by atoms with Crippen molar-refractivity contribution < 1.29 is 28.5 Å². The van der Waals surface area contributed by atoms with Gasteiger partial charge in [0.2, 0.25) is 0 Å². The van der Waals surface area contributed by atoms with Gasteiger partial charge in [0.25, 0.3) is 0 Å². The number of carbonyl (C=O) groups excluding carboxylic acids is 2. The first-order chi connectivity index (χ1) is 15.6. The summed E-state index contributed by atoms with van der Waals surface area (Å²) >= 11 is 0. The molecule has 4 fully saturated rings. The standard InChI is InChI=1S/C26H28O6/c1-29-23-17-7-9-13-5-6-12(21(11(5)7)25(27)31-3)8-10(14(6)22(13)26(28)32-4)20-16(18(8)23)15(17)19(9)24(20)30-2/h5-6,11-24H,1-4H3. The second-order valence-electron chi connectivity index (χ2n) is 11.8. The van der Waals surface area contributed by atoms with Gasteiger partial charge in [-0.05, 0) is 47.3 Å². The Bertz CT molecular complexity index is 958. The van der Waals surface area contributed by atoms with E-state index < -0.39 is 0 Å². The minimum absolute atomic E-state index is 0.0388. The van der Waals surface area contributed by atoms with Gasteiger partial charge >= 0.3 is 11.9 Å². The van der Waals surface area contributed by atoms with Gasteiger partial charge in [0.1, 0.15) is 0 Å². The molecule has 0 radical (unpaired) electrons. The SMILES string of the molecule is COC(=O)C1C2C3=C4C5C(OC)C6C7=C(C8C(OC)C3C5C86)C1C1C7C(C(=O)OC)C4C21. The first kappa shape index (κ1) is 17.8. The Morgan fingerprint density at radius 1 is 0.500 bits per heavy atom. The molecule has 32 heavy (non-hydrogen) atoms. The van der Waals surface area contributed by atoms with E-state index in [0.717, 1.165) is 0 Å². The Morgan fingerprint density at radius 2 is 0.781 bits per heavy atom. The lowest BCUT2D eigenvalue weighted by Gasteiger charge is -2.36. The molecule has 0 aromatic carbocycles. The van der Waals surface area contributed by atoms with E-state index in [0.29, 0.717) is 47.3 Å². The predicted octanol–water partition coefficient (Wildman–Crippen LogP) is 1.70. The minimum atomic E-state index is -0.0857. The van der Waals surface area contributed by atoms with Gasteiger partial charge in [0, 0.05) is 37.9 Å². The molecule has 0 saturated heterocycles. The number of methoxy groups -OCH3 is 4. The van der Waals surface area contributed by atoms with Gasteiger partial charge in [-0.3, -0.25) is 9.59 Å². The number of carbonyl (C=O) groups is 2. The molecule has 6 heteroatoms. The van der Waals surface area contributed by atoms with Crippen molar-refractivity contribution in [1.82, 2.24) is 0 Å². The maximum absolute atomic E-state index is 13.3. The van der Waals surface area contributed by atoms with Crippen molar-refractivity contribution in [3.05, 3.63) is 22.3 Å². The Hall–Kier alpha value is -1.66. The van der Waals surface area contributed by atoms with Crippen LogP contribution in [-0.2, 0) is 28.5 Å². The van der Waals surface area contributed by atoms with Gasteiger partial charge in [-0.15, -0.1) is 0 Å². The summed E-state index contributed by atoms with van der Waals surface area (Å²) in [6.07, 6.45) is 0.422. The molecule has 8 aliphatic carbocycles. The number of hydrogen-bond acceptors (Lipinski definition) is 6. The second kappa shape index (κ2) is 5.05. The fraction of sp³-hybridized carbons (Fsp3) is 0.769. The largest absolute Gasteiger partial charge is 0.469 e. The summed E-state index contributed by atoms with van der Waals surface area (Å²) in [4.78, 5) is 26.7. The van der Waals surface area contributed by atoms with E-state index in [4.69, 9.17) is 18.9 Å². The average Bonchev–Trinajstić information content (AvgIpc) is 3.58. The lowest BCUT2D eigenvalue weighted by atomic mass is 9.71. The highest BCUT2D eigenvalue weighted by molar-refractivity contribution is 5.82. The zero-order chi connectivity index (χ0) is 21.5. The first-order valence-electron chi connectivity index (χ1n) is 12.3. The molecule has 0 spiro atoms. The number of hydrogen-bond donors (Lipinski definition) is 0. The van der Waals surface area contributed by atoms with Crippen LogP contribution in [0.25, 0.3) is 0 Å². The molecule has 8 unspecified atom stereocenters. The summed E-state index contributed by atoms with van der Waals surface area (Å²) in [5.74, 6) is 3.83. The Morgan fingerprint density at radius 3 is 1.03 bits per heavy atom. The van der Waals surface area contributed by atoms with Crippen LogP contribution >= 0.6 is 0 Å². The monoisotopic (exact) mass is 436 g/mol. The third kappa shape index (κ3) is 1.33. The third-order valence-electron chi connectivity index (χ3n) is 12.2. The van der Waals surface area contributed by atoms with Crippen molar-refractivity contribution in [1.29, 1.82) is 0 Å². The number of fused-ring (bicyclic) bond motifs is 8. The summed E-state index contributed by atoms with van der Waals surface area (Å²) in [5.41, 5.74) is 5.98. The van der Waals surface area contributed by atoms with Crippen LogP contribution in [-0.4, -0.2) is 52.6 Å². The van der Waals surface area contributed by atoms with E-state index in [2.05, 4.69) is 0 Å². The van der Waals surface area contributed by atoms with Gasteiger partial charge in [-0.25, -0.2) is 0 Å². The summed E-state index contributed by atoms with van der Waals surface area (Å²) in [7, 11) is 6.86. The van der Waals surface area contributed by atoms with Crippen LogP contribution in [0.1, 0.15) is 0 Å². The van der Waals surface area contributed by atoms with Crippen molar-refractivity contribution in [3.63, 3.8) is 0 Å². The van der Waals surface area contributed by atoms with E-state index >= 15 is 0 Å². The molecule has 8 aliphatic rings. The molecule has 8 atom stereocenters. The van der Waals surface area contributed by atoms with Gasteiger partial charge in [-0.2, -0.15) is 0 Å². The first-order valence-corrected chi connectivity index (χ1v) is 12.3. The zero-order valence-corrected chi connectivity index (χ0v) is 18.7. The molecule has 0 aromatic rings. The summed E-state index contributed by atoms with van der Waals surface area (Å²) in [5, 5.41) is 0. The van der Waals surface area contributed by atoms with Crippen molar-refractivity contribution in [3.8, 4) is 0 Å². The number of rotatable bonds is 4. The van der Waals surface area contributed by atoms with Crippen LogP contribution in [0.2, 0.25) is 0 Å². The molecular formula is C26H28O6. The second-order valence-corrected chi connectivity index (χ2v) is 11.8. The predicted molar refractivity (Wildman–Crippen MR) is 109 cm³/mol. The van der Waals surface area contributed by atoms with E-state index in [1.165, 1.54) is 22.3 Å². The average molecular weight is 437 g/mol. The molecule has 8 rings (SSSR count). The third-order valence-corrected chi connectivity index (χ3v) is 12.2. The molecule has 0 aliphatic heterocycles. The van der Waals surface area contributed by atoms with Crippen LogP contribution < -0.4 is 0 Å². The van der Waals surface area contributed by atoms with Crippen LogP contribution in [0, 0.1) is 82.9 Å².